The van der Waals surface area contributed by atoms with Crippen molar-refractivity contribution in [1.82, 2.24) is 5.32 Å². The number of anilines is 2. The van der Waals surface area contributed by atoms with Gasteiger partial charge in [-0.1, -0.05) is 12.1 Å². The fourth-order valence-corrected chi connectivity index (χ4v) is 2.94. The third kappa shape index (κ3) is 1.65. The standard InChI is InChI=1S/C14H17N3O2/c1-3-16-10-6-4-5-9(2)13(10)17-11(14(16)19)7-15-8-12(17)18/h4-6,11,15H,3,7-8H2,1-2H3. The lowest BCUT2D eigenvalue weighted by molar-refractivity contribution is -0.126. The van der Waals surface area contributed by atoms with Crippen LogP contribution in [-0.4, -0.2) is 37.5 Å². The summed E-state index contributed by atoms with van der Waals surface area (Å²) in [7, 11) is 0. The minimum absolute atomic E-state index is 0.00106. The first-order valence-electron chi connectivity index (χ1n) is 6.59. The largest absolute Gasteiger partial charge is 0.309 e. The van der Waals surface area contributed by atoms with E-state index < -0.39 is 6.04 Å². The Morgan fingerprint density at radius 2 is 2.16 bits per heavy atom. The average molecular weight is 259 g/mol. The summed E-state index contributed by atoms with van der Waals surface area (Å²) in [6.07, 6.45) is 0. The molecule has 5 heteroatoms. The molecule has 2 aliphatic rings. The maximum absolute atomic E-state index is 12.5. The van der Waals surface area contributed by atoms with Crippen LogP contribution in [0.4, 0.5) is 11.4 Å². The summed E-state index contributed by atoms with van der Waals surface area (Å²) >= 11 is 0. The van der Waals surface area contributed by atoms with Gasteiger partial charge in [0.2, 0.25) is 5.91 Å². The molecular weight excluding hydrogens is 242 g/mol. The quantitative estimate of drug-likeness (QED) is 0.806. The monoisotopic (exact) mass is 259 g/mol. The zero-order valence-corrected chi connectivity index (χ0v) is 11.1. The molecule has 0 aromatic heterocycles. The molecule has 0 spiro atoms. The lowest BCUT2D eigenvalue weighted by atomic mass is 10.0. The lowest BCUT2D eigenvalue weighted by Crippen LogP contribution is -2.64. The van der Waals surface area contributed by atoms with Crippen molar-refractivity contribution in [3.05, 3.63) is 23.8 Å². The molecule has 1 saturated heterocycles. The molecule has 3 rings (SSSR count). The Morgan fingerprint density at radius 1 is 1.37 bits per heavy atom. The van der Waals surface area contributed by atoms with Gasteiger partial charge in [0.05, 0.1) is 17.9 Å². The predicted octanol–water partition coefficient (Wildman–Crippen LogP) is 0.666. The van der Waals surface area contributed by atoms with Gasteiger partial charge in [0.25, 0.3) is 5.91 Å². The summed E-state index contributed by atoms with van der Waals surface area (Å²) in [5.74, 6) is -0.0305. The highest BCUT2D eigenvalue weighted by molar-refractivity contribution is 6.14. The average Bonchev–Trinajstić information content (AvgIpc) is 2.40. The first-order chi connectivity index (χ1) is 9.15. The molecule has 1 atom stereocenters. The number of nitrogens with one attached hydrogen (secondary N) is 1. The van der Waals surface area contributed by atoms with Gasteiger partial charge in [0, 0.05) is 13.1 Å². The Labute approximate surface area is 112 Å². The smallest absolute Gasteiger partial charge is 0.251 e. The number of para-hydroxylation sites is 1. The number of carbonyl (C=O) groups is 2. The molecule has 1 aromatic carbocycles. The van der Waals surface area contributed by atoms with Crippen molar-refractivity contribution in [3.8, 4) is 0 Å². The van der Waals surface area contributed by atoms with Gasteiger partial charge in [0.1, 0.15) is 6.04 Å². The number of fused-ring (bicyclic) bond motifs is 3. The number of hydrogen-bond donors (Lipinski definition) is 1. The molecule has 0 saturated carbocycles. The summed E-state index contributed by atoms with van der Waals surface area (Å²) in [5, 5.41) is 3.02. The molecule has 0 bridgehead atoms. The Morgan fingerprint density at radius 3 is 2.89 bits per heavy atom. The van der Waals surface area contributed by atoms with Gasteiger partial charge in [0.15, 0.2) is 0 Å². The normalized spacial score (nSPS) is 22.3. The zero-order chi connectivity index (χ0) is 13.6. The highest BCUT2D eigenvalue weighted by Gasteiger charge is 2.42. The van der Waals surface area contributed by atoms with Gasteiger partial charge < -0.3 is 10.2 Å². The second-order valence-electron chi connectivity index (χ2n) is 4.94. The Balaban J connectivity index is 2.22. The number of hydrogen-bond acceptors (Lipinski definition) is 3. The molecular formula is C14H17N3O2. The maximum Gasteiger partial charge on any atom is 0.251 e. The van der Waals surface area contributed by atoms with E-state index in [0.717, 1.165) is 16.9 Å². The molecule has 0 aliphatic carbocycles. The van der Waals surface area contributed by atoms with E-state index >= 15 is 0 Å². The van der Waals surface area contributed by atoms with Crippen LogP contribution >= 0.6 is 0 Å². The Bertz CT molecular complexity index is 556. The van der Waals surface area contributed by atoms with Crippen molar-refractivity contribution >= 4 is 23.2 Å². The van der Waals surface area contributed by atoms with Gasteiger partial charge in [-0.05, 0) is 25.5 Å². The second kappa shape index (κ2) is 4.35. The van der Waals surface area contributed by atoms with Crippen LogP contribution in [0.15, 0.2) is 18.2 Å². The fraction of sp³-hybridized carbons (Fsp3) is 0.429. The van der Waals surface area contributed by atoms with Crippen molar-refractivity contribution in [2.24, 2.45) is 0 Å². The van der Waals surface area contributed by atoms with Crippen LogP contribution in [-0.2, 0) is 9.59 Å². The summed E-state index contributed by atoms with van der Waals surface area (Å²) in [6.45, 7) is 5.37. The van der Waals surface area contributed by atoms with E-state index in [0.29, 0.717) is 19.6 Å². The van der Waals surface area contributed by atoms with Gasteiger partial charge in [-0.15, -0.1) is 0 Å². The summed E-state index contributed by atoms with van der Waals surface area (Å²) in [4.78, 5) is 28.1. The van der Waals surface area contributed by atoms with Gasteiger partial charge in [-0.25, -0.2) is 0 Å². The third-order valence-electron chi connectivity index (χ3n) is 3.81. The molecule has 1 aromatic rings. The predicted molar refractivity (Wildman–Crippen MR) is 73.3 cm³/mol. The topological polar surface area (TPSA) is 52.7 Å². The number of aryl methyl sites for hydroxylation is 1. The Hall–Kier alpha value is -1.88. The number of rotatable bonds is 1. The van der Waals surface area contributed by atoms with E-state index in [-0.39, 0.29) is 11.8 Å². The first kappa shape index (κ1) is 12.2. The number of carbonyl (C=O) groups excluding carboxylic acids is 2. The summed E-state index contributed by atoms with van der Waals surface area (Å²) in [6, 6.07) is 5.41. The van der Waals surface area contributed by atoms with Crippen molar-refractivity contribution in [2.45, 2.75) is 19.9 Å². The van der Waals surface area contributed by atoms with Crippen LogP contribution in [0.25, 0.3) is 0 Å². The molecule has 1 N–H and O–H groups in total. The third-order valence-corrected chi connectivity index (χ3v) is 3.81. The van der Waals surface area contributed by atoms with Crippen LogP contribution in [0, 0.1) is 6.92 Å². The minimum Gasteiger partial charge on any atom is -0.309 e. The number of amides is 2. The number of likely N-dealkylation sites (N-methyl/N-ethyl adjacent to an activating group) is 1. The van der Waals surface area contributed by atoms with Crippen LogP contribution in [0.2, 0.25) is 0 Å². The Kier molecular flexibility index (Phi) is 2.78. The van der Waals surface area contributed by atoms with Crippen LogP contribution < -0.4 is 15.1 Å². The van der Waals surface area contributed by atoms with E-state index in [1.54, 1.807) is 9.80 Å². The number of benzene rings is 1. The molecule has 1 unspecified atom stereocenters. The highest BCUT2D eigenvalue weighted by Crippen LogP contribution is 2.39. The van der Waals surface area contributed by atoms with Crippen molar-refractivity contribution in [1.29, 1.82) is 0 Å². The summed E-state index contributed by atoms with van der Waals surface area (Å²) < 4.78 is 0. The zero-order valence-electron chi connectivity index (χ0n) is 11.1. The maximum atomic E-state index is 12.5. The van der Waals surface area contributed by atoms with Gasteiger partial charge in [-0.2, -0.15) is 0 Å². The van der Waals surface area contributed by atoms with Crippen molar-refractivity contribution in [2.75, 3.05) is 29.4 Å². The van der Waals surface area contributed by atoms with E-state index in [1.807, 2.05) is 32.0 Å². The van der Waals surface area contributed by atoms with Crippen molar-refractivity contribution < 1.29 is 9.59 Å². The molecule has 0 radical (unpaired) electrons. The van der Waals surface area contributed by atoms with Crippen LogP contribution in [0.5, 0.6) is 0 Å². The molecule has 100 valence electrons. The molecule has 5 nitrogen and oxygen atoms in total. The molecule has 2 heterocycles. The second-order valence-corrected chi connectivity index (χ2v) is 4.94. The van der Waals surface area contributed by atoms with E-state index in [2.05, 4.69) is 5.32 Å². The fourth-order valence-electron chi connectivity index (χ4n) is 2.94. The van der Waals surface area contributed by atoms with E-state index in [9.17, 15) is 9.59 Å². The van der Waals surface area contributed by atoms with Crippen LogP contribution in [0.1, 0.15) is 12.5 Å². The minimum atomic E-state index is -0.408. The molecule has 2 amide bonds. The van der Waals surface area contributed by atoms with Gasteiger partial charge >= 0.3 is 0 Å². The first-order valence-corrected chi connectivity index (χ1v) is 6.59. The molecule has 1 fully saturated rings. The van der Waals surface area contributed by atoms with E-state index in [1.165, 1.54) is 0 Å². The number of nitrogens with zero attached hydrogens (tertiary/aromatic N) is 2. The molecule has 2 aliphatic heterocycles. The van der Waals surface area contributed by atoms with Gasteiger partial charge in [-0.3, -0.25) is 14.5 Å². The SMILES string of the molecule is CCN1C(=O)C2CNCC(=O)N2c2c(C)cccc21. The van der Waals surface area contributed by atoms with Crippen LogP contribution in [0.3, 0.4) is 0 Å². The molecule has 19 heavy (non-hydrogen) atoms. The summed E-state index contributed by atoms with van der Waals surface area (Å²) in [5.41, 5.74) is 2.77. The highest BCUT2D eigenvalue weighted by atomic mass is 16.2. The lowest BCUT2D eigenvalue weighted by Gasteiger charge is -2.44. The number of piperazine rings is 1. The van der Waals surface area contributed by atoms with Crippen molar-refractivity contribution in [3.63, 3.8) is 0 Å². The van der Waals surface area contributed by atoms with E-state index in [4.69, 9.17) is 0 Å².